The van der Waals surface area contributed by atoms with E-state index in [1.165, 1.54) is 0 Å². The molecule has 2 N–H and O–H groups in total. The van der Waals surface area contributed by atoms with Gasteiger partial charge in [0.15, 0.2) is 0 Å². The predicted molar refractivity (Wildman–Crippen MR) is 53.2 cm³/mol. The van der Waals surface area contributed by atoms with Crippen LogP contribution in [-0.2, 0) is 0 Å². The summed E-state index contributed by atoms with van der Waals surface area (Å²) in [5.74, 6) is 0. The lowest BCUT2D eigenvalue weighted by atomic mass is 9.90. The highest BCUT2D eigenvalue weighted by Crippen LogP contribution is 2.17. The second-order valence-electron chi connectivity index (χ2n) is 4.43. The van der Waals surface area contributed by atoms with Crippen molar-refractivity contribution in [3.05, 3.63) is 0 Å². The molecule has 0 heterocycles. The van der Waals surface area contributed by atoms with E-state index >= 15 is 0 Å². The Balaban J connectivity index is 3.67. The minimum atomic E-state index is -0.266. The van der Waals surface area contributed by atoms with E-state index in [-0.39, 0.29) is 12.1 Å². The molecule has 0 saturated heterocycles. The normalized spacial score (nSPS) is 17.5. The first-order valence-corrected chi connectivity index (χ1v) is 4.80. The number of aliphatic hydroxyl groups excluding tert-OH is 1. The first kappa shape index (κ1) is 11.9. The smallest absolute Gasteiger partial charge is 0.0662 e. The number of rotatable bonds is 5. The van der Waals surface area contributed by atoms with Crippen LogP contribution in [0.4, 0.5) is 0 Å². The largest absolute Gasteiger partial charge is 0.392 e. The fourth-order valence-electron chi connectivity index (χ4n) is 0.733. The monoisotopic (exact) mass is 173 g/mol. The summed E-state index contributed by atoms with van der Waals surface area (Å²) in [6.45, 7) is 11.4. The first-order chi connectivity index (χ1) is 5.39. The van der Waals surface area contributed by atoms with E-state index in [2.05, 4.69) is 26.1 Å². The fourth-order valence-corrected chi connectivity index (χ4v) is 0.733. The van der Waals surface area contributed by atoms with Crippen LogP contribution in [0.2, 0.25) is 0 Å². The van der Waals surface area contributed by atoms with Gasteiger partial charge in [0.2, 0.25) is 0 Å². The van der Waals surface area contributed by atoms with E-state index in [0.29, 0.717) is 5.41 Å². The highest BCUT2D eigenvalue weighted by Gasteiger charge is 2.17. The van der Waals surface area contributed by atoms with Crippen molar-refractivity contribution < 1.29 is 5.11 Å². The van der Waals surface area contributed by atoms with Crippen molar-refractivity contribution in [1.82, 2.24) is 5.32 Å². The van der Waals surface area contributed by atoms with Crippen LogP contribution in [0.25, 0.3) is 0 Å². The summed E-state index contributed by atoms with van der Waals surface area (Å²) in [5, 5.41) is 12.6. The van der Waals surface area contributed by atoms with Crippen molar-refractivity contribution in [1.29, 1.82) is 0 Å². The summed E-state index contributed by atoms with van der Waals surface area (Å²) in [7, 11) is 0. The lowest BCUT2D eigenvalue weighted by Gasteiger charge is -2.26. The molecule has 0 aromatic rings. The van der Waals surface area contributed by atoms with Gasteiger partial charge < -0.3 is 10.4 Å². The molecule has 0 amide bonds. The van der Waals surface area contributed by atoms with Crippen LogP contribution < -0.4 is 5.32 Å². The Bertz CT molecular complexity index is 121. The molecular formula is C10H23NO. The third kappa shape index (κ3) is 4.73. The molecule has 0 aromatic heterocycles. The molecule has 0 aliphatic carbocycles. The van der Waals surface area contributed by atoms with Gasteiger partial charge in [-0.1, -0.05) is 20.8 Å². The van der Waals surface area contributed by atoms with Gasteiger partial charge in [-0.3, -0.25) is 0 Å². The third-order valence-corrected chi connectivity index (χ3v) is 2.58. The van der Waals surface area contributed by atoms with E-state index in [1.807, 2.05) is 13.8 Å². The quantitative estimate of drug-likeness (QED) is 0.664. The van der Waals surface area contributed by atoms with Gasteiger partial charge in [-0.15, -0.1) is 0 Å². The van der Waals surface area contributed by atoms with Gasteiger partial charge in [0.05, 0.1) is 6.10 Å². The van der Waals surface area contributed by atoms with Gasteiger partial charge in [0, 0.05) is 12.6 Å². The Labute approximate surface area is 76.4 Å². The van der Waals surface area contributed by atoms with Gasteiger partial charge in [-0.2, -0.15) is 0 Å². The van der Waals surface area contributed by atoms with Crippen LogP contribution in [0.15, 0.2) is 0 Å². The van der Waals surface area contributed by atoms with Gasteiger partial charge in [0.1, 0.15) is 0 Å². The molecule has 12 heavy (non-hydrogen) atoms. The van der Waals surface area contributed by atoms with E-state index < -0.39 is 0 Å². The fraction of sp³-hybridized carbons (Fsp3) is 1.00. The predicted octanol–water partition coefficient (Wildman–Crippen LogP) is 1.78. The minimum absolute atomic E-state index is 0.191. The van der Waals surface area contributed by atoms with E-state index in [4.69, 9.17) is 0 Å². The molecule has 0 bridgehead atoms. The zero-order valence-electron chi connectivity index (χ0n) is 9.02. The van der Waals surface area contributed by atoms with E-state index in [1.54, 1.807) is 0 Å². The zero-order valence-corrected chi connectivity index (χ0v) is 9.02. The van der Waals surface area contributed by atoms with Crippen LogP contribution in [-0.4, -0.2) is 23.8 Å². The summed E-state index contributed by atoms with van der Waals surface area (Å²) < 4.78 is 0. The highest BCUT2D eigenvalue weighted by atomic mass is 16.3. The molecule has 0 aliphatic rings. The molecule has 2 heteroatoms. The van der Waals surface area contributed by atoms with Crippen molar-refractivity contribution in [2.75, 3.05) is 6.54 Å². The van der Waals surface area contributed by atoms with Crippen molar-refractivity contribution in [3.8, 4) is 0 Å². The standard InChI is InChI=1S/C10H23NO/c1-6-10(4,5)7-11-8(2)9(3)12/h8-9,11-12H,6-7H2,1-5H3. The Kier molecular flexibility index (Phi) is 4.80. The average molecular weight is 173 g/mol. The van der Waals surface area contributed by atoms with Crippen molar-refractivity contribution in [2.45, 2.75) is 53.2 Å². The second kappa shape index (κ2) is 4.83. The highest BCUT2D eigenvalue weighted by molar-refractivity contribution is 4.74. The molecule has 2 atom stereocenters. The molecule has 2 unspecified atom stereocenters. The summed E-state index contributed by atoms with van der Waals surface area (Å²) in [6, 6.07) is 0.191. The van der Waals surface area contributed by atoms with Crippen LogP contribution in [0.1, 0.15) is 41.0 Å². The van der Waals surface area contributed by atoms with E-state index in [0.717, 1.165) is 13.0 Å². The minimum Gasteiger partial charge on any atom is -0.392 e. The van der Waals surface area contributed by atoms with E-state index in [9.17, 15) is 5.11 Å². The maximum absolute atomic E-state index is 9.23. The number of hydrogen-bond acceptors (Lipinski definition) is 2. The molecule has 0 aromatic carbocycles. The molecule has 0 aliphatic heterocycles. The topological polar surface area (TPSA) is 32.3 Å². The molecule has 74 valence electrons. The van der Waals surface area contributed by atoms with Crippen LogP contribution in [0.5, 0.6) is 0 Å². The molecule has 0 radical (unpaired) electrons. The van der Waals surface area contributed by atoms with Gasteiger partial charge in [-0.25, -0.2) is 0 Å². The van der Waals surface area contributed by atoms with Gasteiger partial charge in [-0.05, 0) is 25.7 Å². The Morgan fingerprint density at radius 2 is 1.83 bits per heavy atom. The lowest BCUT2D eigenvalue weighted by molar-refractivity contribution is 0.144. The van der Waals surface area contributed by atoms with Gasteiger partial charge in [0.25, 0.3) is 0 Å². The first-order valence-electron chi connectivity index (χ1n) is 4.80. The molecular weight excluding hydrogens is 150 g/mol. The molecule has 0 saturated carbocycles. The maximum atomic E-state index is 9.23. The van der Waals surface area contributed by atoms with Crippen molar-refractivity contribution >= 4 is 0 Å². The Morgan fingerprint density at radius 1 is 1.33 bits per heavy atom. The summed E-state index contributed by atoms with van der Waals surface area (Å²) >= 11 is 0. The molecule has 2 nitrogen and oxygen atoms in total. The van der Waals surface area contributed by atoms with Crippen LogP contribution in [0, 0.1) is 5.41 Å². The third-order valence-electron chi connectivity index (χ3n) is 2.58. The average Bonchev–Trinajstić information content (AvgIpc) is 2.00. The number of aliphatic hydroxyl groups is 1. The SMILES string of the molecule is CCC(C)(C)CNC(C)C(C)O. The summed E-state index contributed by atoms with van der Waals surface area (Å²) in [6.07, 6.45) is 0.893. The van der Waals surface area contributed by atoms with Crippen LogP contribution in [0.3, 0.4) is 0 Å². The maximum Gasteiger partial charge on any atom is 0.0662 e. The Hall–Kier alpha value is -0.0800. The number of hydrogen-bond donors (Lipinski definition) is 2. The van der Waals surface area contributed by atoms with Crippen LogP contribution >= 0.6 is 0 Å². The zero-order chi connectivity index (χ0) is 9.78. The van der Waals surface area contributed by atoms with Gasteiger partial charge >= 0.3 is 0 Å². The summed E-state index contributed by atoms with van der Waals surface area (Å²) in [5.41, 5.74) is 0.336. The van der Waals surface area contributed by atoms with Crippen molar-refractivity contribution in [3.63, 3.8) is 0 Å². The van der Waals surface area contributed by atoms with Crippen molar-refractivity contribution in [2.24, 2.45) is 5.41 Å². The Morgan fingerprint density at radius 3 is 2.17 bits per heavy atom. The number of nitrogens with one attached hydrogen (secondary N) is 1. The second-order valence-corrected chi connectivity index (χ2v) is 4.43. The summed E-state index contributed by atoms with van der Waals surface area (Å²) in [4.78, 5) is 0. The molecule has 0 spiro atoms. The molecule has 0 fully saturated rings. The molecule has 0 rings (SSSR count). The lowest BCUT2D eigenvalue weighted by Crippen LogP contribution is -2.40.